The van der Waals surface area contributed by atoms with E-state index in [0.29, 0.717) is 11.3 Å². The quantitative estimate of drug-likeness (QED) is 0.271. The van der Waals surface area contributed by atoms with Crippen molar-refractivity contribution in [2.45, 2.75) is 18.6 Å². The van der Waals surface area contributed by atoms with Crippen LogP contribution in [-0.2, 0) is 0 Å². The molecule has 0 fully saturated rings. The van der Waals surface area contributed by atoms with Crippen molar-refractivity contribution in [2.24, 2.45) is 10.8 Å². The zero-order valence-corrected chi connectivity index (χ0v) is 10.9. The fourth-order valence-corrected chi connectivity index (χ4v) is 1.71. The lowest BCUT2D eigenvalue weighted by Gasteiger charge is -2.20. The number of aliphatic hydroxyl groups is 2. The molecular weight excluding hydrogens is 266 g/mol. The summed E-state index contributed by atoms with van der Waals surface area (Å²) in [5, 5.41) is 26.0. The molecule has 0 aliphatic heterocycles. The van der Waals surface area contributed by atoms with Crippen molar-refractivity contribution >= 4 is 23.0 Å². The van der Waals surface area contributed by atoms with Gasteiger partial charge in [0.15, 0.2) is 5.11 Å². The molecule has 1 aromatic carbocycles. The minimum atomic E-state index is -1.12. The average molecular weight is 281 g/mol. The third kappa shape index (κ3) is 4.72. The van der Waals surface area contributed by atoms with E-state index in [-0.39, 0.29) is 18.1 Å². The molecule has 0 heterocycles. The van der Waals surface area contributed by atoms with Crippen LogP contribution < -0.4 is 11.1 Å². The molecule has 2 unspecified atom stereocenters. The monoisotopic (exact) mass is 281 g/mol. The molecule has 8 heteroatoms. The summed E-state index contributed by atoms with van der Waals surface area (Å²) in [7, 11) is 0. The van der Waals surface area contributed by atoms with Gasteiger partial charge >= 0.3 is 0 Å². The SMILES string of the molecule is [N-]=[N+]=NCCC(O)C(O)c1ccccc1NC(N)=S. The number of para-hydroxylation sites is 1. The van der Waals surface area contributed by atoms with E-state index in [9.17, 15) is 10.2 Å². The van der Waals surface area contributed by atoms with Crippen molar-refractivity contribution in [1.82, 2.24) is 0 Å². The number of azide groups is 1. The number of thiocarbonyl (C=S) groups is 1. The number of rotatable bonds is 6. The first-order chi connectivity index (χ1) is 9.06. The van der Waals surface area contributed by atoms with Crippen LogP contribution in [0, 0.1) is 0 Å². The Morgan fingerprint density at radius 1 is 1.47 bits per heavy atom. The molecule has 0 radical (unpaired) electrons. The molecule has 5 N–H and O–H groups in total. The van der Waals surface area contributed by atoms with Crippen LogP contribution in [0.25, 0.3) is 10.4 Å². The lowest BCUT2D eigenvalue weighted by Crippen LogP contribution is -2.23. The van der Waals surface area contributed by atoms with E-state index in [0.717, 1.165) is 0 Å². The molecule has 1 rings (SSSR count). The highest BCUT2D eigenvalue weighted by Gasteiger charge is 2.20. The highest BCUT2D eigenvalue weighted by atomic mass is 32.1. The minimum absolute atomic E-state index is 0.0724. The summed E-state index contributed by atoms with van der Waals surface area (Å²) in [6.45, 7) is 0.111. The topological polar surface area (TPSA) is 127 Å². The Morgan fingerprint density at radius 3 is 2.79 bits per heavy atom. The lowest BCUT2D eigenvalue weighted by molar-refractivity contribution is 0.0154. The molecule has 0 aliphatic rings. The van der Waals surface area contributed by atoms with E-state index in [1.54, 1.807) is 24.3 Å². The van der Waals surface area contributed by atoms with Gasteiger partial charge in [-0.2, -0.15) is 0 Å². The predicted molar refractivity (Wildman–Crippen MR) is 76.4 cm³/mol. The summed E-state index contributed by atoms with van der Waals surface area (Å²) >= 11 is 4.74. The predicted octanol–water partition coefficient (Wildman–Crippen LogP) is 1.44. The van der Waals surface area contributed by atoms with E-state index in [2.05, 4.69) is 15.3 Å². The number of nitrogens with zero attached hydrogens (tertiary/aromatic N) is 3. The molecule has 1 aromatic rings. The second-order valence-corrected chi connectivity index (χ2v) is 4.27. The molecule has 0 aromatic heterocycles. The van der Waals surface area contributed by atoms with Crippen molar-refractivity contribution in [3.05, 3.63) is 40.3 Å². The van der Waals surface area contributed by atoms with Crippen LogP contribution in [0.4, 0.5) is 5.69 Å². The van der Waals surface area contributed by atoms with Gasteiger partial charge in [-0.05, 0) is 30.2 Å². The van der Waals surface area contributed by atoms with E-state index in [1.165, 1.54) is 0 Å². The van der Waals surface area contributed by atoms with Crippen LogP contribution in [0.5, 0.6) is 0 Å². The maximum absolute atomic E-state index is 10.1. The molecular formula is C11H15N5O2S. The largest absolute Gasteiger partial charge is 0.390 e. The van der Waals surface area contributed by atoms with E-state index >= 15 is 0 Å². The first-order valence-electron chi connectivity index (χ1n) is 5.58. The summed E-state index contributed by atoms with van der Waals surface area (Å²) in [5.74, 6) is 0. The van der Waals surface area contributed by atoms with Gasteiger partial charge in [0.2, 0.25) is 0 Å². The van der Waals surface area contributed by atoms with Gasteiger partial charge in [-0.25, -0.2) is 0 Å². The molecule has 0 saturated carbocycles. The van der Waals surface area contributed by atoms with Gasteiger partial charge in [-0.3, -0.25) is 0 Å². The van der Waals surface area contributed by atoms with Crippen LogP contribution >= 0.6 is 12.2 Å². The fraction of sp³-hybridized carbons (Fsp3) is 0.364. The summed E-state index contributed by atoms with van der Waals surface area (Å²) < 4.78 is 0. The normalized spacial score (nSPS) is 13.2. The Morgan fingerprint density at radius 2 is 2.16 bits per heavy atom. The van der Waals surface area contributed by atoms with Crippen LogP contribution in [0.15, 0.2) is 29.4 Å². The lowest BCUT2D eigenvalue weighted by atomic mass is 10.0. The van der Waals surface area contributed by atoms with Crippen LogP contribution in [0.1, 0.15) is 18.1 Å². The van der Waals surface area contributed by atoms with Crippen LogP contribution in [0.2, 0.25) is 0 Å². The standard InChI is InChI=1S/C11H15N5O2S/c12-11(19)15-8-4-2-1-3-7(8)10(18)9(17)5-6-14-16-13/h1-4,9-10,17-18H,5-6H2,(H3,12,15,19). The Bertz CT molecular complexity index is 490. The minimum Gasteiger partial charge on any atom is -0.390 e. The van der Waals surface area contributed by atoms with Gasteiger partial charge in [0, 0.05) is 22.7 Å². The number of aliphatic hydroxyl groups excluding tert-OH is 2. The Hall–Kier alpha value is -1.86. The number of hydrogen-bond donors (Lipinski definition) is 4. The summed E-state index contributed by atoms with van der Waals surface area (Å²) in [5.41, 5.74) is 14.6. The van der Waals surface area contributed by atoms with Crippen molar-refractivity contribution < 1.29 is 10.2 Å². The van der Waals surface area contributed by atoms with Crippen molar-refractivity contribution in [3.63, 3.8) is 0 Å². The number of nitrogens with two attached hydrogens (primary N) is 1. The second-order valence-electron chi connectivity index (χ2n) is 3.83. The van der Waals surface area contributed by atoms with E-state index < -0.39 is 12.2 Å². The van der Waals surface area contributed by atoms with Crippen molar-refractivity contribution in [2.75, 3.05) is 11.9 Å². The number of hydrogen-bond acceptors (Lipinski definition) is 4. The third-order valence-electron chi connectivity index (χ3n) is 2.49. The Balaban J connectivity index is 2.82. The van der Waals surface area contributed by atoms with Crippen molar-refractivity contribution in [1.29, 1.82) is 0 Å². The number of nitrogens with one attached hydrogen (secondary N) is 1. The molecule has 102 valence electrons. The molecule has 2 atom stereocenters. The fourth-order valence-electron chi connectivity index (χ4n) is 1.60. The highest BCUT2D eigenvalue weighted by Crippen LogP contribution is 2.26. The summed E-state index contributed by atoms with van der Waals surface area (Å²) in [6.07, 6.45) is -2.00. The van der Waals surface area contributed by atoms with Crippen LogP contribution in [-0.4, -0.2) is 28.0 Å². The molecule has 0 saturated heterocycles. The molecule has 0 spiro atoms. The van der Waals surface area contributed by atoms with E-state index in [4.69, 9.17) is 23.5 Å². The van der Waals surface area contributed by atoms with Gasteiger partial charge in [-0.1, -0.05) is 23.3 Å². The molecule has 0 aliphatic carbocycles. The molecule has 19 heavy (non-hydrogen) atoms. The van der Waals surface area contributed by atoms with Crippen molar-refractivity contribution in [3.8, 4) is 0 Å². The highest BCUT2D eigenvalue weighted by molar-refractivity contribution is 7.80. The summed E-state index contributed by atoms with van der Waals surface area (Å²) in [4.78, 5) is 2.58. The molecule has 7 nitrogen and oxygen atoms in total. The number of anilines is 1. The first kappa shape index (κ1) is 15.2. The average Bonchev–Trinajstić information content (AvgIpc) is 2.38. The summed E-state index contributed by atoms with van der Waals surface area (Å²) in [6, 6.07) is 6.83. The molecule has 0 bridgehead atoms. The smallest absolute Gasteiger partial charge is 0.168 e. The maximum Gasteiger partial charge on any atom is 0.168 e. The first-order valence-corrected chi connectivity index (χ1v) is 5.99. The van der Waals surface area contributed by atoms with Gasteiger partial charge in [0.25, 0.3) is 0 Å². The van der Waals surface area contributed by atoms with Gasteiger partial charge in [0.05, 0.1) is 6.10 Å². The van der Waals surface area contributed by atoms with Gasteiger partial charge < -0.3 is 21.3 Å². The Kier molecular flexibility index (Phi) is 6.04. The second kappa shape index (κ2) is 7.55. The zero-order chi connectivity index (χ0) is 14.3. The van der Waals surface area contributed by atoms with Gasteiger partial charge in [-0.15, -0.1) is 0 Å². The third-order valence-corrected chi connectivity index (χ3v) is 2.59. The Labute approximate surface area is 115 Å². The zero-order valence-electron chi connectivity index (χ0n) is 10.1. The van der Waals surface area contributed by atoms with Crippen LogP contribution in [0.3, 0.4) is 0 Å². The molecule has 0 amide bonds. The van der Waals surface area contributed by atoms with E-state index in [1.807, 2.05) is 0 Å². The maximum atomic E-state index is 10.1. The van der Waals surface area contributed by atoms with Gasteiger partial charge in [0.1, 0.15) is 6.10 Å². The number of benzene rings is 1.